The second kappa shape index (κ2) is 6.72. The molecule has 1 saturated heterocycles. The van der Waals surface area contributed by atoms with E-state index in [4.69, 9.17) is 0 Å². The van der Waals surface area contributed by atoms with E-state index in [1.807, 2.05) is 13.8 Å². The maximum absolute atomic E-state index is 14.3. The van der Waals surface area contributed by atoms with Gasteiger partial charge in [-0.05, 0) is 43.7 Å². The average Bonchev–Trinajstić information content (AvgIpc) is 3.37. The fourth-order valence-corrected chi connectivity index (χ4v) is 4.48. The molecule has 1 unspecified atom stereocenters. The van der Waals surface area contributed by atoms with Gasteiger partial charge in [0.2, 0.25) is 0 Å². The molecular weight excluding hydrogens is 361 g/mol. The molecular formula is C21H24FN3O3. The highest BCUT2D eigenvalue weighted by molar-refractivity contribution is 5.95. The van der Waals surface area contributed by atoms with Gasteiger partial charge in [0.25, 0.3) is 5.91 Å². The smallest absolute Gasteiger partial charge is 0.311 e. The van der Waals surface area contributed by atoms with Crippen molar-refractivity contribution in [3.63, 3.8) is 0 Å². The zero-order valence-corrected chi connectivity index (χ0v) is 16.1. The van der Waals surface area contributed by atoms with Gasteiger partial charge in [0, 0.05) is 24.3 Å². The van der Waals surface area contributed by atoms with E-state index in [2.05, 4.69) is 5.10 Å². The molecule has 1 amide bonds. The summed E-state index contributed by atoms with van der Waals surface area (Å²) in [5, 5.41) is 14.2. The largest absolute Gasteiger partial charge is 0.481 e. The van der Waals surface area contributed by atoms with E-state index in [0.717, 1.165) is 30.5 Å². The van der Waals surface area contributed by atoms with Crippen molar-refractivity contribution in [3.05, 3.63) is 47.0 Å². The third-order valence-electron chi connectivity index (χ3n) is 6.33. The van der Waals surface area contributed by atoms with E-state index in [-0.39, 0.29) is 24.2 Å². The number of amides is 1. The lowest BCUT2D eigenvalue weighted by Crippen LogP contribution is -2.40. The summed E-state index contributed by atoms with van der Waals surface area (Å²) in [6, 6.07) is 6.40. The second-order valence-electron chi connectivity index (χ2n) is 8.08. The van der Waals surface area contributed by atoms with Gasteiger partial charge in [0.15, 0.2) is 5.69 Å². The van der Waals surface area contributed by atoms with Gasteiger partial charge in [0.05, 0.1) is 5.41 Å². The minimum absolute atomic E-state index is 0.0792. The van der Waals surface area contributed by atoms with Crippen molar-refractivity contribution in [2.24, 2.45) is 11.3 Å². The van der Waals surface area contributed by atoms with Gasteiger partial charge in [-0.1, -0.05) is 26.0 Å². The third-order valence-corrected chi connectivity index (χ3v) is 6.33. The van der Waals surface area contributed by atoms with Crippen LogP contribution >= 0.6 is 0 Å². The first-order chi connectivity index (χ1) is 13.3. The predicted molar refractivity (Wildman–Crippen MR) is 101 cm³/mol. The van der Waals surface area contributed by atoms with Gasteiger partial charge in [-0.3, -0.25) is 9.59 Å². The van der Waals surface area contributed by atoms with Crippen LogP contribution in [0.2, 0.25) is 0 Å². The van der Waals surface area contributed by atoms with Gasteiger partial charge < -0.3 is 10.0 Å². The monoisotopic (exact) mass is 385 g/mol. The van der Waals surface area contributed by atoms with Crippen LogP contribution < -0.4 is 0 Å². The maximum atomic E-state index is 14.3. The lowest BCUT2D eigenvalue weighted by molar-refractivity contribution is -0.150. The summed E-state index contributed by atoms with van der Waals surface area (Å²) in [5.41, 5.74) is 1.49. The standard InChI is InChI=1S/C21H24FN3O3/c1-13(2)21(20(27)28)10-11-24(12-21)19(26)18-14-6-5-9-16(14)25(23-18)17-8-4-3-7-15(17)22/h3-4,7-8,13H,5-6,9-12H2,1-2H3,(H,27,28). The number of nitrogens with zero attached hydrogens (tertiary/aromatic N) is 3. The van der Waals surface area contributed by atoms with E-state index in [0.29, 0.717) is 24.3 Å². The maximum Gasteiger partial charge on any atom is 0.311 e. The minimum atomic E-state index is -0.924. The molecule has 1 aromatic carbocycles. The van der Waals surface area contributed by atoms with E-state index >= 15 is 0 Å². The van der Waals surface area contributed by atoms with Crippen molar-refractivity contribution < 1.29 is 19.1 Å². The number of fused-ring (bicyclic) bond motifs is 1. The molecule has 28 heavy (non-hydrogen) atoms. The molecule has 6 nitrogen and oxygen atoms in total. The highest BCUT2D eigenvalue weighted by Crippen LogP contribution is 2.39. The van der Waals surface area contributed by atoms with Crippen LogP contribution in [0.25, 0.3) is 5.69 Å². The van der Waals surface area contributed by atoms with E-state index in [1.54, 1.807) is 27.8 Å². The van der Waals surface area contributed by atoms with Crippen LogP contribution in [-0.2, 0) is 17.6 Å². The van der Waals surface area contributed by atoms with Crippen molar-refractivity contribution >= 4 is 11.9 Å². The number of rotatable bonds is 4. The van der Waals surface area contributed by atoms with Crippen LogP contribution in [-0.4, -0.2) is 44.8 Å². The number of benzene rings is 1. The summed E-state index contributed by atoms with van der Waals surface area (Å²) in [7, 11) is 0. The number of carbonyl (C=O) groups excluding carboxylic acids is 1. The molecule has 1 fully saturated rings. The molecule has 1 aliphatic heterocycles. The molecule has 1 atom stereocenters. The first kappa shape index (κ1) is 18.7. The Bertz CT molecular complexity index is 952. The van der Waals surface area contributed by atoms with Crippen molar-refractivity contribution in [3.8, 4) is 5.69 Å². The van der Waals surface area contributed by atoms with Crippen LogP contribution in [0.3, 0.4) is 0 Å². The summed E-state index contributed by atoms with van der Waals surface area (Å²) < 4.78 is 15.9. The molecule has 2 aliphatic rings. The number of para-hydroxylation sites is 1. The van der Waals surface area contributed by atoms with Gasteiger partial charge in [-0.15, -0.1) is 0 Å². The molecule has 7 heteroatoms. The highest BCUT2D eigenvalue weighted by atomic mass is 19.1. The number of carboxylic acid groups (broad SMARTS) is 1. The highest BCUT2D eigenvalue weighted by Gasteiger charge is 2.49. The lowest BCUT2D eigenvalue weighted by atomic mass is 9.76. The number of aromatic nitrogens is 2. The SMILES string of the molecule is CC(C)C1(C(=O)O)CCN(C(=O)c2nn(-c3ccccc3F)c3c2CCC3)C1. The normalized spacial score (nSPS) is 21.4. The number of carbonyl (C=O) groups is 2. The van der Waals surface area contributed by atoms with Crippen LogP contribution in [0.4, 0.5) is 4.39 Å². The molecule has 1 N–H and O–H groups in total. The Morgan fingerprint density at radius 2 is 2.00 bits per heavy atom. The van der Waals surface area contributed by atoms with Crippen LogP contribution in [0.5, 0.6) is 0 Å². The summed E-state index contributed by atoms with van der Waals surface area (Å²) in [4.78, 5) is 26.7. The van der Waals surface area contributed by atoms with Crippen LogP contribution in [0.1, 0.15) is 48.4 Å². The zero-order valence-electron chi connectivity index (χ0n) is 16.1. The van der Waals surface area contributed by atoms with E-state index < -0.39 is 11.4 Å². The first-order valence-corrected chi connectivity index (χ1v) is 9.73. The van der Waals surface area contributed by atoms with E-state index in [9.17, 15) is 19.1 Å². The number of likely N-dealkylation sites (tertiary alicyclic amines) is 1. The number of hydrogen-bond donors (Lipinski definition) is 1. The molecule has 148 valence electrons. The Balaban J connectivity index is 1.70. The van der Waals surface area contributed by atoms with E-state index in [1.165, 1.54) is 6.07 Å². The van der Waals surface area contributed by atoms with Crippen molar-refractivity contribution in [1.29, 1.82) is 0 Å². The second-order valence-corrected chi connectivity index (χ2v) is 8.08. The van der Waals surface area contributed by atoms with Crippen molar-refractivity contribution in [2.45, 2.75) is 39.5 Å². The Hall–Kier alpha value is -2.70. The zero-order chi connectivity index (χ0) is 20.1. The summed E-state index contributed by atoms with van der Waals surface area (Å²) in [5.74, 6) is -1.58. The molecule has 0 saturated carbocycles. The quantitative estimate of drug-likeness (QED) is 0.878. The Kier molecular flexibility index (Phi) is 4.48. The Morgan fingerprint density at radius 1 is 1.25 bits per heavy atom. The van der Waals surface area contributed by atoms with Crippen molar-refractivity contribution in [2.75, 3.05) is 13.1 Å². The molecule has 0 radical (unpaired) electrons. The summed E-state index contributed by atoms with van der Waals surface area (Å²) in [6.07, 6.45) is 2.80. The summed E-state index contributed by atoms with van der Waals surface area (Å²) in [6.45, 7) is 4.34. The predicted octanol–water partition coefficient (Wildman–Crippen LogP) is 3.07. The van der Waals surface area contributed by atoms with Gasteiger partial charge >= 0.3 is 5.97 Å². The fraction of sp³-hybridized carbons (Fsp3) is 0.476. The molecule has 1 aliphatic carbocycles. The lowest BCUT2D eigenvalue weighted by Gasteiger charge is -2.28. The van der Waals surface area contributed by atoms with Crippen LogP contribution in [0.15, 0.2) is 24.3 Å². The summed E-state index contributed by atoms with van der Waals surface area (Å²) >= 11 is 0. The number of hydrogen-bond acceptors (Lipinski definition) is 3. The fourth-order valence-electron chi connectivity index (χ4n) is 4.48. The minimum Gasteiger partial charge on any atom is -0.481 e. The Morgan fingerprint density at radius 3 is 2.64 bits per heavy atom. The third kappa shape index (κ3) is 2.72. The average molecular weight is 385 g/mol. The van der Waals surface area contributed by atoms with Gasteiger partial charge in [0.1, 0.15) is 11.5 Å². The topological polar surface area (TPSA) is 75.4 Å². The van der Waals surface area contributed by atoms with Gasteiger partial charge in [-0.2, -0.15) is 5.10 Å². The van der Waals surface area contributed by atoms with Gasteiger partial charge in [-0.25, -0.2) is 9.07 Å². The Labute approximate surface area is 163 Å². The first-order valence-electron chi connectivity index (χ1n) is 9.73. The molecule has 1 aromatic heterocycles. The molecule has 4 rings (SSSR count). The van der Waals surface area contributed by atoms with Crippen LogP contribution in [0, 0.1) is 17.2 Å². The number of carboxylic acids is 1. The number of aliphatic carboxylic acids is 1. The number of halogens is 1. The molecule has 0 spiro atoms. The van der Waals surface area contributed by atoms with Crippen molar-refractivity contribution in [1.82, 2.24) is 14.7 Å². The molecule has 0 bridgehead atoms. The molecule has 2 heterocycles. The molecule has 2 aromatic rings.